The van der Waals surface area contributed by atoms with Gasteiger partial charge in [0.1, 0.15) is 6.61 Å². The number of nitrogens with zero attached hydrogens (tertiary/aromatic N) is 1. The molecule has 172 valence electrons. The molecule has 0 radical (unpaired) electrons. The Hall–Kier alpha value is -2.12. The lowest BCUT2D eigenvalue weighted by Crippen LogP contribution is -2.47. The first-order chi connectivity index (χ1) is 15.4. The van der Waals surface area contributed by atoms with Crippen LogP contribution in [0, 0.1) is 0 Å². The third kappa shape index (κ3) is 5.26. The molecule has 4 rings (SSSR count). The minimum atomic E-state index is -4.44. The van der Waals surface area contributed by atoms with E-state index in [1.165, 1.54) is 56.2 Å². The molecule has 0 amide bonds. The molecule has 0 unspecified atom stereocenters. The van der Waals surface area contributed by atoms with Crippen molar-refractivity contribution in [3.63, 3.8) is 0 Å². The Labute approximate surface area is 192 Å². The number of alkyl halides is 3. The van der Waals surface area contributed by atoms with Crippen LogP contribution in [0.15, 0.2) is 54.6 Å². The third-order valence-corrected chi connectivity index (χ3v) is 7.21. The zero-order valence-electron chi connectivity index (χ0n) is 18.0. The van der Waals surface area contributed by atoms with E-state index >= 15 is 0 Å². The number of rotatable bonds is 5. The second-order valence-corrected chi connectivity index (χ2v) is 9.17. The van der Waals surface area contributed by atoms with Crippen LogP contribution in [0.2, 0.25) is 0 Å². The van der Waals surface area contributed by atoms with E-state index in [0.717, 1.165) is 19.2 Å². The molecular formula is C25H29F3N2OS. The Kier molecular flexibility index (Phi) is 7.05. The molecule has 0 atom stereocenters. The van der Waals surface area contributed by atoms with E-state index in [-0.39, 0.29) is 16.4 Å². The van der Waals surface area contributed by atoms with Crippen molar-refractivity contribution in [2.45, 2.75) is 56.2 Å². The molecule has 1 aliphatic heterocycles. The van der Waals surface area contributed by atoms with Crippen molar-refractivity contribution < 1.29 is 17.9 Å². The van der Waals surface area contributed by atoms with Crippen LogP contribution in [0.1, 0.15) is 55.6 Å². The predicted octanol–water partition coefficient (Wildman–Crippen LogP) is 6.61. The van der Waals surface area contributed by atoms with Gasteiger partial charge in [-0.1, -0.05) is 42.5 Å². The summed E-state index contributed by atoms with van der Waals surface area (Å²) in [6.45, 7) is 2.14. The number of hydrogen-bond acceptors (Lipinski definition) is 3. The second kappa shape index (κ2) is 9.79. The van der Waals surface area contributed by atoms with Gasteiger partial charge in [-0.2, -0.15) is 13.2 Å². The summed E-state index contributed by atoms with van der Waals surface area (Å²) in [6.07, 6.45) is 2.67. The Morgan fingerprint density at radius 2 is 1.72 bits per heavy atom. The van der Waals surface area contributed by atoms with Crippen LogP contribution in [0.25, 0.3) is 0 Å². The standard InChI is InChI=1S/C25H29F3N2OS/c26-25(27,28)21-9-4-5-10-22(21)29-23(32)31-18-17-30-16-6-13-24(30)14-11-20(12-15-24)19-7-2-1-3-8-19/h1-5,7-10,20H,6,11-18H2,(H,29,32). The fourth-order valence-electron chi connectivity index (χ4n) is 5.36. The molecule has 1 aliphatic carbocycles. The summed E-state index contributed by atoms with van der Waals surface area (Å²) in [6, 6.07) is 16.0. The summed E-state index contributed by atoms with van der Waals surface area (Å²) in [7, 11) is 0. The first-order valence-electron chi connectivity index (χ1n) is 11.3. The van der Waals surface area contributed by atoms with Gasteiger partial charge < -0.3 is 10.1 Å². The highest BCUT2D eigenvalue weighted by atomic mass is 32.1. The summed E-state index contributed by atoms with van der Waals surface area (Å²) < 4.78 is 45.1. The van der Waals surface area contributed by atoms with Gasteiger partial charge >= 0.3 is 6.18 Å². The van der Waals surface area contributed by atoms with Crippen LogP contribution in [0.4, 0.5) is 18.9 Å². The Bertz CT molecular complexity index is 911. The first kappa shape index (κ1) is 23.1. The number of anilines is 1. The molecule has 32 heavy (non-hydrogen) atoms. The molecular weight excluding hydrogens is 433 g/mol. The van der Waals surface area contributed by atoms with Gasteiger partial charge in [0.05, 0.1) is 11.3 Å². The lowest BCUT2D eigenvalue weighted by molar-refractivity contribution is -0.136. The molecule has 0 aromatic heterocycles. The summed E-state index contributed by atoms with van der Waals surface area (Å²) in [5.41, 5.74) is 0.833. The quantitative estimate of drug-likeness (QED) is 0.505. The van der Waals surface area contributed by atoms with Gasteiger partial charge in [0, 0.05) is 12.1 Å². The van der Waals surface area contributed by atoms with Gasteiger partial charge in [0.2, 0.25) is 0 Å². The van der Waals surface area contributed by atoms with Gasteiger partial charge in [0.15, 0.2) is 0 Å². The van der Waals surface area contributed by atoms with Crippen LogP contribution in [-0.4, -0.2) is 35.3 Å². The summed E-state index contributed by atoms with van der Waals surface area (Å²) in [4.78, 5) is 2.51. The maximum absolute atomic E-state index is 13.2. The highest BCUT2D eigenvalue weighted by molar-refractivity contribution is 7.80. The van der Waals surface area contributed by atoms with Gasteiger partial charge in [-0.25, -0.2) is 0 Å². The maximum Gasteiger partial charge on any atom is 0.418 e. The molecule has 1 saturated carbocycles. The van der Waals surface area contributed by atoms with Crippen molar-refractivity contribution in [2.24, 2.45) is 0 Å². The third-order valence-electron chi connectivity index (χ3n) is 6.99. The molecule has 0 bridgehead atoms. The molecule has 2 aliphatic rings. The van der Waals surface area contributed by atoms with Crippen molar-refractivity contribution in [2.75, 3.05) is 25.0 Å². The summed E-state index contributed by atoms with van der Waals surface area (Å²) >= 11 is 5.16. The SMILES string of the molecule is FC(F)(F)c1ccccc1NC(=S)OCCN1CCCC12CCC(c1ccccc1)CC2. The lowest BCUT2D eigenvalue weighted by Gasteiger charge is -2.44. The highest BCUT2D eigenvalue weighted by Crippen LogP contribution is 2.46. The Morgan fingerprint density at radius 3 is 2.44 bits per heavy atom. The zero-order chi connectivity index (χ0) is 22.6. The number of likely N-dealkylation sites (tertiary alicyclic amines) is 1. The van der Waals surface area contributed by atoms with Crippen LogP contribution >= 0.6 is 12.2 Å². The Balaban J connectivity index is 1.28. The van der Waals surface area contributed by atoms with Gasteiger partial charge in [-0.05, 0) is 80.9 Å². The number of thiocarbonyl (C=S) groups is 1. The molecule has 1 saturated heterocycles. The van der Waals surface area contributed by atoms with Crippen LogP contribution in [0.5, 0.6) is 0 Å². The molecule has 2 fully saturated rings. The maximum atomic E-state index is 13.2. The van der Waals surface area contributed by atoms with Crippen LogP contribution in [-0.2, 0) is 10.9 Å². The molecule has 2 aromatic rings. The summed E-state index contributed by atoms with van der Waals surface area (Å²) in [5.74, 6) is 0.631. The van der Waals surface area contributed by atoms with Crippen molar-refractivity contribution in [3.8, 4) is 0 Å². The largest absolute Gasteiger partial charge is 0.469 e. The molecule has 2 aromatic carbocycles. The van der Waals surface area contributed by atoms with Crippen LogP contribution in [0.3, 0.4) is 0 Å². The fraction of sp³-hybridized carbons (Fsp3) is 0.480. The van der Waals surface area contributed by atoms with Gasteiger partial charge in [-0.3, -0.25) is 4.90 Å². The van der Waals surface area contributed by atoms with Gasteiger partial charge in [0.25, 0.3) is 5.17 Å². The van der Waals surface area contributed by atoms with Crippen molar-refractivity contribution in [1.82, 2.24) is 4.90 Å². The lowest BCUT2D eigenvalue weighted by atomic mass is 9.73. The average molecular weight is 463 g/mol. The van der Waals surface area contributed by atoms with E-state index in [1.54, 1.807) is 6.07 Å². The number of ether oxygens (including phenoxy) is 1. The average Bonchev–Trinajstić information content (AvgIpc) is 3.16. The number of hydrogen-bond donors (Lipinski definition) is 1. The minimum absolute atomic E-state index is 0.0252. The van der Waals surface area contributed by atoms with E-state index in [0.29, 0.717) is 12.5 Å². The molecule has 1 N–H and O–H groups in total. The monoisotopic (exact) mass is 462 g/mol. The number of para-hydroxylation sites is 1. The number of nitrogens with one attached hydrogen (secondary N) is 1. The minimum Gasteiger partial charge on any atom is -0.469 e. The van der Waals surface area contributed by atoms with Crippen LogP contribution < -0.4 is 5.32 Å². The highest BCUT2D eigenvalue weighted by Gasteiger charge is 2.43. The fourth-order valence-corrected chi connectivity index (χ4v) is 5.55. The first-order valence-corrected chi connectivity index (χ1v) is 11.7. The molecule has 1 heterocycles. The van der Waals surface area contributed by atoms with E-state index in [4.69, 9.17) is 17.0 Å². The smallest absolute Gasteiger partial charge is 0.418 e. The molecule has 7 heteroatoms. The van der Waals surface area contributed by atoms with E-state index in [1.807, 2.05) is 0 Å². The Morgan fingerprint density at radius 1 is 1.03 bits per heavy atom. The normalized spacial score (nSPS) is 23.9. The van der Waals surface area contributed by atoms with E-state index < -0.39 is 11.7 Å². The summed E-state index contributed by atoms with van der Waals surface area (Å²) in [5, 5.41) is 2.58. The van der Waals surface area contributed by atoms with E-state index in [2.05, 4.69) is 40.5 Å². The molecule has 3 nitrogen and oxygen atoms in total. The van der Waals surface area contributed by atoms with Gasteiger partial charge in [-0.15, -0.1) is 0 Å². The molecule has 1 spiro atoms. The second-order valence-electron chi connectivity index (χ2n) is 8.80. The van der Waals surface area contributed by atoms with Crippen molar-refractivity contribution in [3.05, 3.63) is 65.7 Å². The predicted molar refractivity (Wildman–Crippen MR) is 125 cm³/mol. The van der Waals surface area contributed by atoms with E-state index in [9.17, 15) is 13.2 Å². The van der Waals surface area contributed by atoms with Crippen molar-refractivity contribution in [1.29, 1.82) is 0 Å². The number of benzene rings is 2. The number of halogens is 3. The van der Waals surface area contributed by atoms with Crippen molar-refractivity contribution >= 4 is 23.1 Å². The zero-order valence-corrected chi connectivity index (χ0v) is 18.9. The topological polar surface area (TPSA) is 24.5 Å².